The van der Waals surface area contributed by atoms with Crippen molar-refractivity contribution in [2.75, 3.05) is 4.90 Å². The molecule has 0 fully saturated rings. The molecule has 1 aliphatic heterocycles. The maximum Gasteiger partial charge on any atom is 0.266 e. The lowest BCUT2D eigenvalue weighted by Gasteiger charge is -2.14. The van der Waals surface area contributed by atoms with Gasteiger partial charge in [0.25, 0.3) is 11.8 Å². The molecule has 0 aromatic heterocycles. The van der Waals surface area contributed by atoms with Gasteiger partial charge in [-0.3, -0.25) is 9.59 Å². The number of rotatable bonds is 1. The van der Waals surface area contributed by atoms with Crippen molar-refractivity contribution in [3.63, 3.8) is 0 Å². The fourth-order valence-corrected chi connectivity index (χ4v) is 2.79. The first kappa shape index (κ1) is 13.5. The number of fused-ring (bicyclic) bond motifs is 1. The summed E-state index contributed by atoms with van der Waals surface area (Å²) in [5.74, 6) is -1.67. The Morgan fingerprint density at radius 1 is 0.850 bits per heavy atom. The van der Waals surface area contributed by atoms with E-state index in [-0.39, 0.29) is 16.8 Å². The van der Waals surface area contributed by atoms with Gasteiger partial charge in [0.15, 0.2) is 0 Å². The number of halogens is 3. The molecular formula is C14H6Br2FNO2. The van der Waals surface area contributed by atoms with Crippen molar-refractivity contribution in [2.24, 2.45) is 0 Å². The number of benzene rings is 2. The second-order valence-electron chi connectivity index (χ2n) is 4.23. The average molecular weight is 399 g/mol. The molecule has 0 saturated carbocycles. The Kier molecular flexibility index (Phi) is 3.22. The first-order chi connectivity index (χ1) is 9.49. The summed E-state index contributed by atoms with van der Waals surface area (Å²) in [5.41, 5.74) is 0.503. The van der Waals surface area contributed by atoms with E-state index in [9.17, 15) is 14.0 Å². The zero-order chi connectivity index (χ0) is 14.4. The predicted molar refractivity (Wildman–Crippen MR) is 79.4 cm³/mol. The van der Waals surface area contributed by atoms with E-state index in [1.807, 2.05) is 0 Å². The van der Waals surface area contributed by atoms with E-state index >= 15 is 0 Å². The standard InChI is InChI=1S/C14H6Br2FNO2/c15-7-1-3-9-10(5-7)14(20)18(13(9)19)12-4-2-8(16)6-11(12)17/h1-6H. The average Bonchev–Trinajstić information content (AvgIpc) is 2.63. The normalized spacial score (nSPS) is 13.8. The number of amides is 2. The Balaban J connectivity index is 2.14. The van der Waals surface area contributed by atoms with Gasteiger partial charge in [0.2, 0.25) is 0 Å². The van der Waals surface area contributed by atoms with Gasteiger partial charge in [-0.05, 0) is 36.4 Å². The predicted octanol–water partition coefficient (Wildman–Crippen LogP) is 4.15. The Labute approximate surface area is 130 Å². The van der Waals surface area contributed by atoms with Crippen LogP contribution in [0.3, 0.4) is 0 Å². The third-order valence-corrected chi connectivity index (χ3v) is 3.99. The van der Waals surface area contributed by atoms with E-state index in [1.54, 1.807) is 24.3 Å². The second-order valence-corrected chi connectivity index (χ2v) is 6.06. The van der Waals surface area contributed by atoms with E-state index in [2.05, 4.69) is 31.9 Å². The van der Waals surface area contributed by atoms with Crippen LogP contribution in [0.1, 0.15) is 20.7 Å². The maximum atomic E-state index is 14.0. The van der Waals surface area contributed by atoms with Crippen molar-refractivity contribution in [1.29, 1.82) is 0 Å². The van der Waals surface area contributed by atoms with Crippen LogP contribution in [0.2, 0.25) is 0 Å². The lowest BCUT2D eigenvalue weighted by molar-refractivity contribution is 0.0925. The van der Waals surface area contributed by atoms with Crippen LogP contribution in [0.15, 0.2) is 45.3 Å². The third-order valence-electron chi connectivity index (χ3n) is 3.00. The van der Waals surface area contributed by atoms with Crippen molar-refractivity contribution in [2.45, 2.75) is 0 Å². The van der Waals surface area contributed by atoms with Crippen LogP contribution in [0.5, 0.6) is 0 Å². The van der Waals surface area contributed by atoms with E-state index in [4.69, 9.17) is 0 Å². The highest BCUT2D eigenvalue weighted by molar-refractivity contribution is 9.10. The summed E-state index contributed by atoms with van der Waals surface area (Å²) in [5, 5.41) is 0. The molecule has 2 aromatic rings. The van der Waals surface area contributed by atoms with Crippen molar-refractivity contribution in [3.05, 3.63) is 62.3 Å². The Bertz CT molecular complexity index is 761. The van der Waals surface area contributed by atoms with E-state index in [0.717, 1.165) is 4.90 Å². The topological polar surface area (TPSA) is 37.4 Å². The molecule has 0 atom stereocenters. The highest BCUT2D eigenvalue weighted by Crippen LogP contribution is 2.32. The molecule has 20 heavy (non-hydrogen) atoms. The fourth-order valence-electron chi connectivity index (χ4n) is 2.09. The number of nitrogens with zero attached hydrogens (tertiary/aromatic N) is 1. The van der Waals surface area contributed by atoms with Gasteiger partial charge in [-0.2, -0.15) is 0 Å². The van der Waals surface area contributed by atoms with Gasteiger partial charge in [-0.15, -0.1) is 0 Å². The van der Waals surface area contributed by atoms with Gasteiger partial charge in [0, 0.05) is 8.95 Å². The van der Waals surface area contributed by atoms with Crippen molar-refractivity contribution in [3.8, 4) is 0 Å². The Hall–Kier alpha value is -1.53. The number of anilines is 1. The molecule has 3 rings (SSSR count). The summed E-state index contributed by atoms with van der Waals surface area (Å²) in [6.07, 6.45) is 0. The molecular weight excluding hydrogens is 393 g/mol. The number of hydrogen-bond donors (Lipinski definition) is 0. The van der Waals surface area contributed by atoms with E-state index < -0.39 is 17.6 Å². The van der Waals surface area contributed by atoms with Crippen LogP contribution in [-0.2, 0) is 0 Å². The second kappa shape index (κ2) is 4.79. The molecule has 0 radical (unpaired) electrons. The van der Waals surface area contributed by atoms with E-state index in [0.29, 0.717) is 8.95 Å². The summed E-state index contributed by atoms with van der Waals surface area (Å²) in [4.78, 5) is 25.4. The summed E-state index contributed by atoms with van der Waals surface area (Å²) < 4.78 is 15.2. The molecule has 1 aliphatic rings. The molecule has 3 nitrogen and oxygen atoms in total. The molecule has 1 heterocycles. The number of imide groups is 1. The number of carbonyl (C=O) groups is 2. The molecule has 100 valence electrons. The number of hydrogen-bond acceptors (Lipinski definition) is 2. The summed E-state index contributed by atoms with van der Waals surface area (Å²) in [6.45, 7) is 0. The molecule has 2 aromatic carbocycles. The molecule has 6 heteroatoms. The van der Waals surface area contributed by atoms with Crippen LogP contribution in [-0.4, -0.2) is 11.8 Å². The Morgan fingerprint density at radius 2 is 1.45 bits per heavy atom. The SMILES string of the molecule is O=C1c2ccc(Br)cc2C(=O)N1c1ccc(Br)cc1F. The van der Waals surface area contributed by atoms with Gasteiger partial charge in [0.05, 0.1) is 16.8 Å². The highest BCUT2D eigenvalue weighted by atomic mass is 79.9. The molecule has 0 N–H and O–H groups in total. The minimum absolute atomic E-state index is 0.0458. The molecule has 0 bridgehead atoms. The zero-order valence-electron chi connectivity index (χ0n) is 9.86. The van der Waals surface area contributed by atoms with Gasteiger partial charge in [-0.25, -0.2) is 9.29 Å². The molecule has 0 aliphatic carbocycles. The molecule has 0 spiro atoms. The van der Waals surface area contributed by atoms with E-state index in [1.165, 1.54) is 12.1 Å². The minimum atomic E-state index is -0.632. The van der Waals surface area contributed by atoms with Crippen LogP contribution in [0, 0.1) is 5.82 Å². The zero-order valence-corrected chi connectivity index (χ0v) is 13.0. The first-order valence-corrected chi connectivity index (χ1v) is 7.21. The Morgan fingerprint density at radius 3 is 2.15 bits per heavy atom. The molecule has 0 saturated heterocycles. The summed E-state index contributed by atoms with van der Waals surface area (Å²) >= 11 is 6.39. The third kappa shape index (κ3) is 1.99. The molecule has 2 amide bonds. The van der Waals surface area contributed by atoms with Gasteiger partial charge >= 0.3 is 0 Å². The van der Waals surface area contributed by atoms with Crippen LogP contribution in [0.25, 0.3) is 0 Å². The molecule has 0 unspecified atom stereocenters. The van der Waals surface area contributed by atoms with Gasteiger partial charge in [-0.1, -0.05) is 31.9 Å². The number of carbonyl (C=O) groups excluding carboxylic acids is 2. The lowest BCUT2D eigenvalue weighted by Crippen LogP contribution is -2.30. The van der Waals surface area contributed by atoms with Crippen LogP contribution in [0.4, 0.5) is 10.1 Å². The van der Waals surface area contributed by atoms with Crippen LogP contribution < -0.4 is 4.90 Å². The van der Waals surface area contributed by atoms with Crippen molar-refractivity contribution in [1.82, 2.24) is 0 Å². The van der Waals surface area contributed by atoms with Crippen molar-refractivity contribution < 1.29 is 14.0 Å². The fraction of sp³-hybridized carbons (Fsp3) is 0. The lowest BCUT2D eigenvalue weighted by atomic mass is 10.1. The largest absolute Gasteiger partial charge is 0.268 e. The summed E-state index contributed by atoms with van der Waals surface area (Å²) in [6, 6.07) is 8.98. The summed E-state index contributed by atoms with van der Waals surface area (Å²) in [7, 11) is 0. The quantitative estimate of drug-likeness (QED) is 0.676. The smallest absolute Gasteiger partial charge is 0.266 e. The first-order valence-electron chi connectivity index (χ1n) is 5.62. The maximum absolute atomic E-state index is 14.0. The van der Waals surface area contributed by atoms with Crippen LogP contribution >= 0.6 is 31.9 Å². The van der Waals surface area contributed by atoms with Gasteiger partial charge in [0.1, 0.15) is 5.82 Å². The monoisotopic (exact) mass is 397 g/mol. The highest BCUT2D eigenvalue weighted by Gasteiger charge is 2.37. The van der Waals surface area contributed by atoms with Gasteiger partial charge < -0.3 is 0 Å². The minimum Gasteiger partial charge on any atom is -0.268 e. The van der Waals surface area contributed by atoms with Crippen molar-refractivity contribution >= 4 is 49.4 Å².